The smallest absolute Gasteiger partial charge is 0.0690 e. The molecule has 0 atom stereocenters. The number of hydrogen-bond donors (Lipinski definition) is 0. The van der Waals surface area contributed by atoms with Gasteiger partial charge in [0.15, 0.2) is 0 Å². The zero-order valence-corrected chi connectivity index (χ0v) is 11.5. The Morgan fingerprint density at radius 3 is 2.71 bits per heavy atom. The van der Waals surface area contributed by atoms with Gasteiger partial charge in [-0.25, -0.2) is 0 Å². The molecule has 1 heterocycles. The van der Waals surface area contributed by atoms with E-state index in [1.165, 1.54) is 24.0 Å². The van der Waals surface area contributed by atoms with Crippen molar-refractivity contribution in [1.82, 2.24) is 4.98 Å². The first-order valence-corrected chi connectivity index (χ1v) is 6.61. The second-order valence-electron chi connectivity index (χ2n) is 4.63. The third kappa shape index (κ3) is 2.42. The van der Waals surface area contributed by atoms with Gasteiger partial charge < -0.3 is 12.6 Å². The minimum absolute atomic E-state index is 1.00. The second-order valence-corrected chi connectivity index (χ2v) is 5.04. The van der Waals surface area contributed by atoms with Gasteiger partial charge in [0.05, 0.1) is 5.52 Å². The van der Waals surface area contributed by atoms with Gasteiger partial charge in [-0.2, -0.15) is 4.90 Å². The summed E-state index contributed by atoms with van der Waals surface area (Å²) in [5.41, 5.74) is 4.63. The van der Waals surface area contributed by atoms with Crippen LogP contribution in [0.3, 0.4) is 0 Å². The van der Waals surface area contributed by atoms with Gasteiger partial charge in [0.2, 0.25) is 0 Å². The van der Waals surface area contributed by atoms with Gasteiger partial charge in [-0.1, -0.05) is 31.0 Å². The van der Waals surface area contributed by atoms with Crippen LogP contribution in [0.2, 0.25) is 0 Å². The number of pyridine rings is 1. The summed E-state index contributed by atoms with van der Waals surface area (Å²) in [4.78, 5) is 5.67. The van der Waals surface area contributed by atoms with E-state index in [0.717, 1.165) is 27.9 Å². The highest BCUT2D eigenvalue weighted by Crippen LogP contribution is 2.25. The van der Waals surface area contributed by atoms with E-state index in [4.69, 9.17) is 12.6 Å². The van der Waals surface area contributed by atoms with Gasteiger partial charge in [0.25, 0.3) is 0 Å². The Balaban J connectivity index is 2.60. The Kier molecular flexibility index (Phi) is 3.63. The summed E-state index contributed by atoms with van der Waals surface area (Å²) in [5, 5.41) is 1.14. The van der Waals surface area contributed by atoms with E-state index in [1.807, 2.05) is 0 Å². The minimum Gasteiger partial charge on any atom is -0.779 e. The molecule has 2 heteroatoms. The molecule has 0 saturated carbocycles. The SMILES string of the molecule is CCCCc1c(C)nc2ccc(C)cc2c1[S-]. The highest BCUT2D eigenvalue weighted by atomic mass is 32.1. The van der Waals surface area contributed by atoms with Crippen LogP contribution in [0.4, 0.5) is 0 Å². The summed E-state index contributed by atoms with van der Waals surface area (Å²) in [5.74, 6) is 0. The Hall–Kier alpha value is -1.15. The maximum absolute atomic E-state index is 5.61. The van der Waals surface area contributed by atoms with Gasteiger partial charge in [-0.05, 0) is 43.7 Å². The normalized spacial score (nSPS) is 11.0. The standard InChI is InChI=1S/C15H19NS/c1-4-5-6-12-11(3)16-14-8-7-10(2)9-13(14)15(12)17/h7-9H,4-6H2,1-3H3,(H,16,17)/p-1. The van der Waals surface area contributed by atoms with Crippen LogP contribution in [-0.2, 0) is 19.0 Å². The Bertz CT molecular complexity index is 546. The van der Waals surface area contributed by atoms with Crippen LogP contribution in [0.25, 0.3) is 10.9 Å². The van der Waals surface area contributed by atoms with Gasteiger partial charge in [0, 0.05) is 5.69 Å². The molecule has 1 nitrogen and oxygen atoms in total. The molecule has 17 heavy (non-hydrogen) atoms. The summed E-state index contributed by atoms with van der Waals surface area (Å²) < 4.78 is 0. The Morgan fingerprint density at radius 1 is 1.24 bits per heavy atom. The monoisotopic (exact) mass is 244 g/mol. The van der Waals surface area contributed by atoms with Crippen LogP contribution in [0, 0.1) is 13.8 Å². The predicted octanol–water partition coefficient (Wildman–Crippen LogP) is 4.10. The van der Waals surface area contributed by atoms with Crippen molar-refractivity contribution in [3.63, 3.8) is 0 Å². The Morgan fingerprint density at radius 2 is 2.00 bits per heavy atom. The summed E-state index contributed by atoms with van der Waals surface area (Å²) in [7, 11) is 0. The molecule has 0 unspecified atom stereocenters. The largest absolute Gasteiger partial charge is 0.779 e. The number of rotatable bonds is 3. The van der Waals surface area contributed by atoms with Crippen molar-refractivity contribution >= 4 is 23.5 Å². The van der Waals surface area contributed by atoms with Crippen molar-refractivity contribution in [2.45, 2.75) is 44.9 Å². The highest BCUT2D eigenvalue weighted by Gasteiger charge is 2.04. The average Bonchev–Trinajstić information content (AvgIpc) is 2.30. The molecule has 0 radical (unpaired) electrons. The molecular formula is C15H18NS-. The van der Waals surface area contributed by atoms with Crippen LogP contribution >= 0.6 is 0 Å². The van der Waals surface area contributed by atoms with Crippen LogP contribution in [0.1, 0.15) is 36.6 Å². The molecule has 0 aliphatic carbocycles. The molecule has 1 aromatic heterocycles. The van der Waals surface area contributed by atoms with E-state index >= 15 is 0 Å². The van der Waals surface area contributed by atoms with Crippen LogP contribution in [0.5, 0.6) is 0 Å². The number of fused-ring (bicyclic) bond motifs is 1. The number of unbranched alkanes of at least 4 members (excludes halogenated alkanes) is 1. The molecule has 2 aromatic rings. The minimum atomic E-state index is 1.00. The van der Waals surface area contributed by atoms with Gasteiger partial charge in [0.1, 0.15) is 0 Å². The summed E-state index contributed by atoms with van der Waals surface area (Å²) in [6, 6.07) is 6.31. The average molecular weight is 244 g/mol. The number of aromatic nitrogens is 1. The third-order valence-corrected chi connectivity index (χ3v) is 3.64. The molecule has 0 N–H and O–H groups in total. The molecule has 0 spiro atoms. The fourth-order valence-electron chi connectivity index (χ4n) is 2.15. The molecule has 2 rings (SSSR count). The van der Waals surface area contributed by atoms with Crippen LogP contribution < -0.4 is 0 Å². The molecule has 1 aromatic carbocycles. The molecule has 0 bridgehead atoms. The van der Waals surface area contributed by atoms with Crippen LogP contribution in [-0.4, -0.2) is 4.98 Å². The molecule has 0 aliphatic heterocycles. The van der Waals surface area contributed by atoms with Crippen molar-refractivity contribution in [2.75, 3.05) is 0 Å². The first kappa shape index (κ1) is 12.3. The lowest BCUT2D eigenvalue weighted by atomic mass is 10.0. The van der Waals surface area contributed by atoms with E-state index in [-0.39, 0.29) is 0 Å². The number of benzene rings is 1. The summed E-state index contributed by atoms with van der Waals surface area (Å²) in [6.07, 6.45) is 3.43. The lowest BCUT2D eigenvalue weighted by Gasteiger charge is -2.19. The first-order chi connectivity index (χ1) is 8.13. The van der Waals surface area contributed by atoms with Crippen LogP contribution in [0.15, 0.2) is 23.1 Å². The maximum atomic E-state index is 5.61. The van der Waals surface area contributed by atoms with Gasteiger partial charge >= 0.3 is 0 Å². The van der Waals surface area contributed by atoms with Crippen molar-refractivity contribution in [3.05, 3.63) is 35.0 Å². The summed E-state index contributed by atoms with van der Waals surface area (Å²) >= 11 is 5.61. The van der Waals surface area contributed by atoms with E-state index < -0.39 is 0 Å². The Labute approximate surface area is 109 Å². The maximum Gasteiger partial charge on any atom is 0.0690 e. The van der Waals surface area contributed by atoms with Crippen molar-refractivity contribution < 1.29 is 0 Å². The quantitative estimate of drug-likeness (QED) is 0.754. The molecule has 0 fully saturated rings. The fraction of sp³-hybridized carbons (Fsp3) is 0.400. The lowest BCUT2D eigenvalue weighted by Crippen LogP contribution is -1.98. The molecule has 90 valence electrons. The molecule has 0 amide bonds. The van der Waals surface area contributed by atoms with Crippen molar-refractivity contribution in [2.24, 2.45) is 0 Å². The zero-order valence-electron chi connectivity index (χ0n) is 10.7. The van der Waals surface area contributed by atoms with E-state index in [1.54, 1.807) is 0 Å². The van der Waals surface area contributed by atoms with Crippen molar-refractivity contribution in [1.29, 1.82) is 0 Å². The molecular weight excluding hydrogens is 226 g/mol. The van der Waals surface area contributed by atoms with Crippen molar-refractivity contribution in [3.8, 4) is 0 Å². The van der Waals surface area contributed by atoms with E-state index in [2.05, 4.69) is 44.0 Å². The number of nitrogens with zero attached hydrogens (tertiary/aromatic N) is 1. The topological polar surface area (TPSA) is 12.9 Å². The highest BCUT2D eigenvalue weighted by molar-refractivity contribution is 7.59. The summed E-state index contributed by atoms with van der Waals surface area (Å²) in [6.45, 7) is 6.37. The van der Waals surface area contributed by atoms with Gasteiger partial charge in [-0.15, -0.1) is 0 Å². The number of hydrogen-bond acceptors (Lipinski definition) is 2. The predicted molar refractivity (Wildman–Crippen MR) is 75.5 cm³/mol. The first-order valence-electron chi connectivity index (χ1n) is 6.20. The third-order valence-electron chi connectivity index (χ3n) is 3.18. The van der Waals surface area contributed by atoms with E-state index in [0.29, 0.717) is 0 Å². The molecule has 0 aliphatic rings. The lowest BCUT2D eigenvalue weighted by molar-refractivity contribution is 0.778. The molecule has 0 saturated heterocycles. The zero-order chi connectivity index (χ0) is 12.4. The number of aryl methyl sites for hydroxylation is 2. The fourth-order valence-corrected chi connectivity index (χ4v) is 2.57. The van der Waals surface area contributed by atoms with E-state index in [9.17, 15) is 0 Å². The second kappa shape index (κ2) is 5.01. The van der Waals surface area contributed by atoms with Gasteiger partial charge in [-0.3, -0.25) is 4.98 Å².